The van der Waals surface area contributed by atoms with Crippen molar-refractivity contribution in [3.8, 4) is 46.3 Å². The largest absolute Gasteiger partial charge is 0.504 e. The van der Waals surface area contributed by atoms with E-state index in [1.54, 1.807) is 0 Å². The van der Waals surface area contributed by atoms with E-state index in [4.69, 9.17) is 28.4 Å². The molecule has 0 amide bonds. The molecule has 7 atom stereocenters. The number of methoxy groups -OCH3 is 2. The first-order valence-corrected chi connectivity index (χ1v) is 19.7. The lowest BCUT2D eigenvalue weighted by Crippen LogP contribution is -2.69. The standard InChI is InChI=1S/C41H43N3O11S/c1-18-11-23-13-25-39(48)44-26-15-52-40(49)41(24-14-27(50-4)22(7-6-10-45)12-21(24)8-9-42-41)16-56-38(32(44)31(43-25)28(23)33(47)34(18)51-5)30-29(26)37-36(53-17-54-37)19(2)35(30)55-20(3)46/h11-12,14,25-26,31-32,38-39,42-43,45,47-48H,8-10,13,15-17H2,1-5H3/t25-,26-,31+,32+,38+,39-,41+/m0/s1. The van der Waals surface area contributed by atoms with Crippen molar-refractivity contribution in [1.82, 2.24) is 15.5 Å². The molecule has 5 N–H and O–H groups in total. The maximum Gasteiger partial charge on any atom is 0.331 e. The van der Waals surface area contributed by atoms with Crippen molar-refractivity contribution in [2.75, 3.05) is 46.5 Å². The minimum absolute atomic E-state index is 0.0213. The van der Waals surface area contributed by atoms with Gasteiger partial charge < -0.3 is 49.1 Å². The summed E-state index contributed by atoms with van der Waals surface area (Å²) in [7, 11) is 3.06. The minimum atomic E-state index is -1.35. The van der Waals surface area contributed by atoms with Crippen molar-refractivity contribution in [2.24, 2.45) is 0 Å². The molecule has 2 saturated heterocycles. The molecule has 14 nitrogen and oxygen atoms in total. The summed E-state index contributed by atoms with van der Waals surface area (Å²) in [6, 6.07) is 3.37. The molecule has 10 rings (SSSR count). The Bertz CT molecular complexity index is 2250. The smallest absolute Gasteiger partial charge is 0.331 e. The summed E-state index contributed by atoms with van der Waals surface area (Å²) < 4.78 is 36.2. The fraction of sp³-hybridized carbons (Fsp3) is 0.463. The normalized spacial score (nSPS) is 28.2. The zero-order valence-corrected chi connectivity index (χ0v) is 32.4. The van der Waals surface area contributed by atoms with Crippen LogP contribution in [0.2, 0.25) is 0 Å². The van der Waals surface area contributed by atoms with E-state index < -0.39 is 53.1 Å². The van der Waals surface area contributed by atoms with Gasteiger partial charge >= 0.3 is 11.9 Å². The quantitative estimate of drug-likeness (QED) is 0.149. The van der Waals surface area contributed by atoms with Crippen molar-refractivity contribution in [2.45, 2.75) is 74.8 Å². The number of ether oxygens (including phenoxy) is 6. The number of piperazine rings is 1. The Kier molecular flexibility index (Phi) is 9.07. The number of phenolic OH excluding ortho intramolecular Hbond substituents is 1. The molecule has 0 unspecified atom stereocenters. The molecule has 2 fully saturated rings. The first-order valence-electron chi connectivity index (χ1n) is 18.6. The third-order valence-corrected chi connectivity index (χ3v) is 13.6. The maximum absolute atomic E-state index is 14.8. The van der Waals surface area contributed by atoms with Crippen molar-refractivity contribution in [3.05, 3.63) is 68.3 Å². The molecule has 0 radical (unpaired) electrons. The number of aliphatic hydroxyl groups excluding tert-OH is 2. The van der Waals surface area contributed by atoms with E-state index in [1.165, 1.54) is 32.9 Å². The number of phenols is 1. The number of hydrogen-bond acceptors (Lipinski definition) is 15. The number of aliphatic hydroxyl groups is 2. The summed E-state index contributed by atoms with van der Waals surface area (Å²) in [6.45, 7) is 4.95. The number of aromatic hydroxyl groups is 1. The van der Waals surface area contributed by atoms with E-state index in [2.05, 4.69) is 22.5 Å². The molecule has 7 aliphatic rings. The van der Waals surface area contributed by atoms with Crippen molar-refractivity contribution in [1.29, 1.82) is 0 Å². The highest BCUT2D eigenvalue weighted by atomic mass is 32.2. The second kappa shape index (κ2) is 13.8. The Morgan fingerprint density at radius 2 is 1.88 bits per heavy atom. The highest BCUT2D eigenvalue weighted by molar-refractivity contribution is 7.99. The molecule has 56 heavy (non-hydrogen) atoms. The van der Waals surface area contributed by atoms with Crippen LogP contribution in [0.4, 0.5) is 0 Å². The number of esters is 2. The van der Waals surface area contributed by atoms with Crippen LogP contribution in [-0.4, -0.2) is 97.0 Å². The first kappa shape index (κ1) is 36.9. The predicted octanol–water partition coefficient (Wildman–Crippen LogP) is 2.71. The lowest BCUT2D eigenvalue weighted by atomic mass is 9.74. The van der Waals surface area contributed by atoms with Crippen LogP contribution in [0.5, 0.6) is 34.5 Å². The van der Waals surface area contributed by atoms with Gasteiger partial charge in [-0.2, -0.15) is 0 Å². The minimum Gasteiger partial charge on any atom is -0.504 e. The molecule has 294 valence electrons. The molecule has 7 aliphatic heterocycles. The van der Waals surface area contributed by atoms with Gasteiger partial charge in [0.1, 0.15) is 30.9 Å². The summed E-state index contributed by atoms with van der Waals surface area (Å²) in [5.74, 6) is 6.84. The number of aryl methyl sites for hydroxylation is 1. The van der Waals surface area contributed by atoms with E-state index in [1.807, 2.05) is 36.9 Å². The molecule has 0 saturated carbocycles. The lowest BCUT2D eigenvalue weighted by molar-refractivity contribution is -0.164. The average molecular weight is 786 g/mol. The highest BCUT2D eigenvalue weighted by Gasteiger charge is 2.60. The number of benzene rings is 3. The van der Waals surface area contributed by atoms with Gasteiger partial charge in [-0.15, -0.1) is 11.8 Å². The van der Waals surface area contributed by atoms with Crippen LogP contribution in [0, 0.1) is 25.7 Å². The van der Waals surface area contributed by atoms with Crippen LogP contribution in [0.1, 0.15) is 74.3 Å². The van der Waals surface area contributed by atoms with Gasteiger partial charge in [-0.05, 0) is 61.1 Å². The number of nitrogens with one attached hydrogen (secondary N) is 2. The number of thioether (sulfide) groups is 1. The fourth-order valence-electron chi connectivity index (χ4n) is 9.85. The Morgan fingerprint density at radius 1 is 1.07 bits per heavy atom. The zero-order chi connectivity index (χ0) is 39.2. The number of carbonyl (C=O) groups is 2. The molecule has 15 heteroatoms. The molecule has 4 bridgehead atoms. The summed E-state index contributed by atoms with van der Waals surface area (Å²) in [5.41, 5.74) is 5.03. The average Bonchev–Trinajstić information content (AvgIpc) is 3.68. The van der Waals surface area contributed by atoms with Crippen LogP contribution in [0.3, 0.4) is 0 Å². The first-order chi connectivity index (χ1) is 27.0. The summed E-state index contributed by atoms with van der Waals surface area (Å²) >= 11 is 1.47. The second-order valence-electron chi connectivity index (χ2n) is 15.0. The van der Waals surface area contributed by atoms with Crippen molar-refractivity contribution < 1.29 is 53.3 Å². The second-order valence-corrected chi connectivity index (χ2v) is 16.1. The number of nitrogens with zero attached hydrogens (tertiary/aromatic N) is 1. The lowest BCUT2D eigenvalue weighted by Gasteiger charge is -2.59. The molecule has 3 aromatic carbocycles. The van der Waals surface area contributed by atoms with E-state index >= 15 is 0 Å². The fourth-order valence-corrected chi connectivity index (χ4v) is 11.6. The monoisotopic (exact) mass is 785 g/mol. The van der Waals surface area contributed by atoms with Gasteiger partial charge in [0.15, 0.2) is 28.5 Å². The molecule has 0 aliphatic carbocycles. The van der Waals surface area contributed by atoms with Gasteiger partial charge in [-0.25, -0.2) is 4.79 Å². The maximum atomic E-state index is 14.8. The van der Waals surface area contributed by atoms with E-state index in [-0.39, 0.29) is 31.5 Å². The van der Waals surface area contributed by atoms with Crippen LogP contribution >= 0.6 is 11.8 Å². The van der Waals surface area contributed by atoms with Gasteiger partial charge in [-0.1, -0.05) is 17.9 Å². The van der Waals surface area contributed by atoms with Crippen LogP contribution in [0.25, 0.3) is 0 Å². The van der Waals surface area contributed by atoms with Crippen LogP contribution in [-0.2, 0) is 32.7 Å². The van der Waals surface area contributed by atoms with E-state index in [9.17, 15) is 24.9 Å². The topological polar surface area (TPSA) is 178 Å². The van der Waals surface area contributed by atoms with Crippen molar-refractivity contribution in [3.63, 3.8) is 0 Å². The Labute approximate surface area is 327 Å². The van der Waals surface area contributed by atoms with Gasteiger partial charge in [-0.3, -0.25) is 15.0 Å². The van der Waals surface area contributed by atoms with E-state index in [0.717, 1.165) is 16.7 Å². The van der Waals surface area contributed by atoms with E-state index in [0.29, 0.717) is 81.5 Å². The predicted molar refractivity (Wildman–Crippen MR) is 202 cm³/mol. The summed E-state index contributed by atoms with van der Waals surface area (Å²) in [5, 5.41) is 40.4. The zero-order valence-electron chi connectivity index (χ0n) is 31.6. The third-order valence-electron chi connectivity index (χ3n) is 12.1. The summed E-state index contributed by atoms with van der Waals surface area (Å²) in [4.78, 5) is 29.7. The number of rotatable bonds is 3. The molecule has 0 aromatic heterocycles. The number of fused-ring (bicyclic) bond motifs is 9. The van der Waals surface area contributed by atoms with Crippen LogP contribution in [0.15, 0.2) is 18.2 Å². The molecular formula is C41H43N3O11S. The summed E-state index contributed by atoms with van der Waals surface area (Å²) in [6.07, 6.45) is -0.0317. The molecule has 1 spiro atoms. The Hall–Kier alpha value is -4.69. The third kappa shape index (κ3) is 5.30. The van der Waals surface area contributed by atoms with Gasteiger partial charge in [0.2, 0.25) is 6.79 Å². The van der Waals surface area contributed by atoms with Gasteiger partial charge in [0.05, 0.1) is 43.2 Å². The van der Waals surface area contributed by atoms with Gasteiger partial charge in [0.25, 0.3) is 0 Å². The Balaban J connectivity index is 1.29. The molecule has 7 heterocycles. The van der Waals surface area contributed by atoms with Crippen molar-refractivity contribution >= 4 is 23.7 Å². The van der Waals surface area contributed by atoms with Crippen LogP contribution < -0.4 is 34.3 Å². The highest BCUT2D eigenvalue weighted by Crippen LogP contribution is 2.63. The molecular weight excluding hydrogens is 743 g/mol. The number of hydrogen-bond donors (Lipinski definition) is 5. The number of carbonyl (C=O) groups excluding carboxylic acids is 2. The Morgan fingerprint density at radius 3 is 2.62 bits per heavy atom. The SMILES string of the molecule is COc1cc2c(cc1C#CCO)CCN[C@]21CS[C@@H]2c3c(OC(C)=O)c(C)c4c(c3[C@H](COC1=O)N1[C@@H]2[C@@H]2N[C@@H](Cc3cc(C)c(OC)c(O)c32)[C@@H]1O)OCO4. The molecule has 3 aromatic rings. The van der Waals surface area contributed by atoms with Gasteiger partial charge in [0, 0.05) is 47.5 Å².